The van der Waals surface area contributed by atoms with E-state index >= 15 is 0 Å². The van der Waals surface area contributed by atoms with Gasteiger partial charge in [-0.05, 0) is 34.6 Å². The van der Waals surface area contributed by atoms with Gasteiger partial charge in [0.05, 0.1) is 3.70 Å². The van der Waals surface area contributed by atoms with Gasteiger partial charge in [-0.1, -0.05) is 46.9 Å². The molecule has 1 aliphatic rings. The Labute approximate surface area is 107 Å². The maximum atomic E-state index is 2.44. The summed E-state index contributed by atoms with van der Waals surface area (Å²) in [6, 6.07) is 0. The van der Waals surface area contributed by atoms with E-state index in [4.69, 9.17) is 0 Å². The number of allylic oxidation sites excluding steroid dienone is 4. The van der Waals surface area contributed by atoms with Crippen LogP contribution in [0.15, 0.2) is 33.6 Å². The van der Waals surface area contributed by atoms with Crippen molar-refractivity contribution >= 4 is 45.2 Å². The highest BCUT2D eigenvalue weighted by molar-refractivity contribution is 14.1. The molecule has 0 atom stereocenters. The van der Waals surface area contributed by atoms with E-state index in [1.54, 1.807) is 0 Å². The molecule has 0 fully saturated rings. The van der Waals surface area contributed by atoms with Crippen LogP contribution in [0, 0.1) is 0 Å². The molecule has 1 heterocycles. The molecule has 0 spiro atoms. The van der Waals surface area contributed by atoms with E-state index in [1.807, 2.05) is 0 Å². The zero-order valence-electron chi connectivity index (χ0n) is 7.63. The van der Waals surface area contributed by atoms with Gasteiger partial charge in [0.25, 0.3) is 0 Å². The summed E-state index contributed by atoms with van der Waals surface area (Å²) in [6.07, 6.45) is 9.75. The van der Waals surface area contributed by atoms with E-state index in [0.29, 0.717) is 0 Å². The van der Waals surface area contributed by atoms with Crippen molar-refractivity contribution in [2.45, 2.75) is 6.42 Å². The Balaban J connectivity index is 2.86. The van der Waals surface area contributed by atoms with Gasteiger partial charge in [0, 0.05) is 18.0 Å². The molecule has 0 aromatic rings. The molecule has 0 aliphatic carbocycles. The summed E-state index contributed by atoms with van der Waals surface area (Å²) in [5.41, 5.74) is 1.52. The molecule has 0 N–H and O–H groups in total. The second-order valence-corrected chi connectivity index (χ2v) is 4.75. The van der Waals surface area contributed by atoms with Crippen LogP contribution in [0.3, 0.4) is 0 Å². The summed E-state index contributed by atoms with van der Waals surface area (Å²) >= 11 is 4.87. The summed E-state index contributed by atoms with van der Waals surface area (Å²) in [4.78, 5) is 2.29. The minimum Gasteiger partial charge on any atom is -0.366 e. The molecule has 0 saturated carbocycles. The molecule has 0 aromatic carbocycles. The van der Waals surface area contributed by atoms with Crippen molar-refractivity contribution in [2.24, 2.45) is 0 Å². The van der Waals surface area contributed by atoms with Crippen LogP contribution in [0.2, 0.25) is 0 Å². The van der Waals surface area contributed by atoms with Gasteiger partial charge in [0.1, 0.15) is 0 Å². The minimum absolute atomic E-state index is 1.00. The van der Waals surface area contributed by atoms with Crippen LogP contribution < -0.4 is 0 Å². The number of likely N-dealkylation sites (N-methyl/N-ethyl adjacent to an activating group) is 1. The highest BCUT2D eigenvalue weighted by atomic mass is 127. The van der Waals surface area contributed by atoms with Crippen molar-refractivity contribution < 1.29 is 0 Å². The smallest absolute Gasteiger partial charge is 0.0760 e. The molecule has 0 bridgehead atoms. The van der Waals surface area contributed by atoms with Gasteiger partial charge in [-0.15, -0.1) is 0 Å². The summed E-state index contributed by atoms with van der Waals surface area (Å²) in [5.74, 6) is 0. The Bertz CT molecular complexity index is 254. The Morgan fingerprint density at radius 1 is 1.38 bits per heavy atom. The van der Waals surface area contributed by atoms with E-state index < -0.39 is 0 Å². The first kappa shape index (κ1) is 11.6. The first-order valence-electron chi connectivity index (χ1n) is 4.22. The van der Waals surface area contributed by atoms with Crippen LogP contribution in [-0.4, -0.2) is 22.9 Å². The lowest BCUT2D eigenvalue weighted by Gasteiger charge is -2.18. The number of hydrogen-bond donors (Lipinski definition) is 0. The third kappa shape index (κ3) is 3.61. The monoisotopic (exact) mass is 401 g/mol. The van der Waals surface area contributed by atoms with Crippen molar-refractivity contribution in [3.63, 3.8) is 0 Å². The molecular formula is C10H13I2N. The SMILES string of the molecule is CN1C/C=C\C=C/C/C(CI)=C\1I. The largest absolute Gasteiger partial charge is 0.366 e. The predicted octanol–water partition coefficient (Wildman–Crippen LogP) is 3.52. The molecule has 0 saturated heterocycles. The molecular weight excluding hydrogens is 388 g/mol. The van der Waals surface area contributed by atoms with Crippen LogP contribution >= 0.6 is 45.2 Å². The fourth-order valence-corrected chi connectivity index (χ4v) is 3.14. The predicted molar refractivity (Wildman–Crippen MR) is 75.5 cm³/mol. The highest BCUT2D eigenvalue weighted by Gasteiger charge is 2.06. The van der Waals surface area contributed by atoms with E-state index in [9.17, 15) is 0 Å². The van der Waals surface area contributed by atoms with Gasteiger partial charge in [-0.3, -0.25) is 0 Å². The Morgan fingerprint density at radius 3 is 2.77 bits per heavy atom. The number of alkyl halides is 1. The average Bonchev–Trinajstić information content (AvgIpc) is 2.21. The van der Waals surface area contributed by atoms with E-state index in [-0.39, 0.29) is 0 Å². The van der Waals surface area contributed by atoms with Gasteiger partial charge in [0.15, 0.2) is 0 Å². The Kier molecular flexibility index (Phi) is 5.38. The quantitative estimate of drug-likeness (QED) is 0.370. The van der Waals surface area contributed by atoms with Crippen molar-refractivity contribution in [3.05, 3.63) is 33.6 Å². The maximum absolute atomic E-state index is 2.44. The lowest BCUT2D eigenvalue weighted by Crippen LogP contribution is -2.15. The van der Waals surface area contributed by atoms with Crippen LogP contribution in [0.4, 0.5) is 0 Å². The fraction of sp³-hybridized carbons (Fsp3) is 0.400. The summed E-state index contributed by atoms with van der Waals surface area (Å²) in [7, 11) is 2.14. The van der Waals surface area contributed by atoms with Crippen LogP contribution in [0.25, 0.3) is 0 Å². The average molecular weight is 401 g/mol. The van der Waals surface area contributed by atoms with Crippen LogP contribution in [-0.2, 0) is 0 Å². The molecule has 1 nitrogen and oxygen atoms in total. The second kappa shape index (κ2) is 6.06. The van der Waals surface area contributed by atoms with Crippen molar-refractivity contribution in [1.82, 2.24) is 4.90 Å². The third-order valence-corrected chi connectivity index (χ3v) is 4.42. The topological polar surface area (TPSA) is 3.24 Å². The molecule has 0 amide bonds. The molecule has 1 aliphatic heterocycles. The third-order valence-electron chi connectivity index (χ3n) is 1.91. The van der Waals surface area contributed by atoms with Gasteiger partial charge in [-0.2, -0.15) is 0 Å². The molecule has 13 heavy (non-hydrogen) atoms. The zero-order chi connectivity index (χ0) is 9.68. The van der Waals surface area contributed by atoms with Gasteiger partial charge in [0.2, 0.25) is 0 Å². The van der Waals surface area contributed by atoms with Gasteiger partial charge < -0.3 is 4.90 Å². The van der Waals surface area contributed by atoms with Crippen molar-refractivity contribution in [2.75, 3.05) is 18.0 Å². The van der Waals surface area contributed by atoms with E-state index in [1.165, 1.54) is 9.28 Å². The lowest BCUT2D eigenvalue weighted by atomic mass is 10.2. The highest BCUT2D eigenvalue weighted by Crippen LogP contribution is 2.22. The molecule has 72 valence electrons. The normalized spacial score (nSPS) is 29.0. The van der Waals surface area contributed by atoms with E-state index in [2.05, 4.69) is 81.4 Å². The summed E-state index contributed by atoms with van der Waals surface area (Å²) in [5, 5.41) is 0. The number of nitrogens with zero attached hydrogens (tertiary/aromatic N) is 1. The lowest BCUT2D eigenvalue weighted by molar-refractivity contribution is 0.499. The molecule has 0 radical (unpaired) electrons. The van der Waals surface area contributed by atoms with Gasteiger partial charge >= 0.3 is 0 Å². The Morgan fingerprint density at radius 2 is 2.08 bits per heavy atom. The summed E-state index contributed by atoms with van der Waals surface area (Å²) < 4.78 is 2.51. The van der Waals surface area contributed by atoms with E-state index in [0.717, 1.165) is 17.4 Å². The molecule has 3 heteroatoms. The zero-order valence-corrected chi connectivity index (χ0v) is 11.9. The van der Waals surface area contributed by atoms with Crippen molar-refractivity contribution in [3.8, 4) is 0 Å². The molecule has 1 rings (SSSR count). The first-order valence-corrected chi connectivity index (χ1v) is 6.82. The number of hydrogen-bond acceptors (Lipinski definition) is 1. The molecule has 0 unspecified atom stereocenters. The second-order valence-electron chi connectivity index (χ2n) is 2.97. The maximum Gasteiger partial charge on any atom is 0.0760 e. The first-order chi connectivity index (χ1) is 6.25. The summed E-state index contributed by atoms with van der Waals surface area (Å²) in [6.45, 7) is 1.00. The van der Waals surface area contributed by atoms with Crippen LogP contribution in [0.1, 0.15) is 6.42 Å². The molecule has 0 aromatic heterocycles. The number of halogens is 2. The van der Waals surface area contributed by atoms with Crippen LogP contribution in [0.5, 0.6) is 0 Å². The fourth-order valence-electron chi connectivity index (χ4n) is 1.13. The minimum atomic E-state index is 1.00. The Hall–Kier alpha value is 0.480. The standard InChI is InChI=1S/C10H13I2N/c1-13-7-5-3-2-4-6-9(8-11)10(13)12/h2-5H,6-8H2,1H3/b4-2-,5-3-,10-9+. The van der Waals surface area contributed by atoms with Gasteiger partial charge in [-0.25, -0.2) is 0 Å². The van der Waals surface area contributed by atoms with Crippen molar-refractivity contribution in [1.29, 1.82) is 0 Å². The number of rotatable bonds is 1.